The van der Waals surface area contributed by atoms with Crippen molar-refractivity contribution in [3.63, 3.8) is 0 Å². The molecule has 6 heteroatoms. The molecule has 25 heavy (non-hydrogen) atoms. The quantitative estimate of drug-likeness (QED) is 0.374. The zero-order valence-electron chi connectivity index (χ0n) is 13.4. The van der Waals surface area contributed by atoms with Crippen LogP contribution in [0.25, 0.3) is 22.0 Å². The van der Waals surface area contributed by atoms with Gasteiger partial charge in [-0.15, -0.1) is 0 Å². The highest BCUT2D eigenvalue weighted by Gasteiger charge is 2.46. The monoisotopic (exact) mass is 445 g/mol. The van der Waals surface area contributed by atoms with Gasteiger partial charge in [-0.2, -0.15) is 0 Å². The first-order valence-electron chi connectivity index (χ1n) is 8.10. The van der Waals surface area contributed by atoms with E-state index >= 15 is 0 Å². The number of rotatable bonds is 3. The van der Waals surface area contributed by atoms with Crippen LogP contribution in [0.5, 0.6) is 0 Å². The van der Waals surface area contributed by atoms with Crippen molar-refractivity contribution in [1.82, 2.24) is 9.97 Å². The topological polar surface area (TPSA) is 66.3 Å². The van der Waals surface area contributed by atoms with E-state index in [1.807, 2.05) is 46.9 Å². The van der Waals surface area contributed by atoms with Crippen molar-refractivity contribution >= 4 is 45.3 Å². The highest BCUT2D eigenvalue weighted by atomic mass is 127. The molecule has 0 saturated carbocycles. The SMILES string of the molecule is O=C(O)C1(I)CCCN1c1nccc(-c2ccc3ccccc3c2)n1. The second-order valence-electron chi connectivity index (χ2n) is 6.12. The molecule has 1 unspecified atom stereocenters. The molecule has 126 valence electrons. The average Bonchev–Trinajstić information content (AvgIpc) is 3.05. The first-order chi connectivity index (χ1) is 12.1. The Bertz CT molecular complexity index is 962. The van der Waals surface area contributed by atoms with E-state index in [1.165, 1.54) is 5.39 Å². The molecule has 3 aromatic rings. The minimum Gasteiger partial charge on any atom is -0.479 e. The molecule has 0 spiro atoms. The highest BCUT2D eigenvalue weighted by Crippen LogP contribution is 2.38. The highest BCUT2D eigenvalue weighted by molar-refractivity contribution is 14.1. The van der Waals surface area contributed by atoms with Crippen molar-refractivity contribution in [1.29, 1.82) is 0 Å². The Balaban J connectivity index is 1.75. The molecule has 1 saturated heterocycles. The lowest BCUT2D eigenvalue weighted by atomic mass is 10.1. The largest absolute Gasteiger partial charge is 0.479 e. The summed E-state index contributed by atoms with van der Waals surface area (Å²) >= 11 is 2.01. The maximum absolute atomic E-state index is 11.7. The van der Waals surface area contributed by atoms with Crippen molar-refractivity contribution in [3.05, 3.63) is 54.7 Å². The van der Waals surface area contributed by atoms with Gasteiger partial charge in [0, 0.05) is 18.3 Å². The van der Waals surface area contributed by atoms with Crippen LogP contribution < -0.4 is 4.90 Å². The summed E-state index contributed by atoms with van der Waals surface area (Å²) in [7, 11) is 0. The van der Waals surface area contributed by atoms with Crippen molar-refractivity contribution in [2.24, 2.45) is 0 Å². The van der Waals surface area contributed by atoms with Gasteiger partial charge in [0.15, 0.2) is 3.55 Å². The number of carboxylic acid groups (broad SMARTS) is 1. The minimum atomic E-state index is -0.972. The summed E-state index contributed by atoms with van der Waals surface area (Å²) in [6.07, 6.45) is 3.11. The van der Waals surface area contributed by atoms with Gasteiger partial charge in [-0.1, -0.05) is 36.4 Å². The zero-order chi connectivity index (χ0) is 17.4. The van der Waals surface area contributed by atoms with Gasteiger partial charge < -0.3 is 10.0 Å². The van der Waals surface area contributed by atoms with E-state index in [4.69, 9.17) is 0 Å². The minimum absolute atomic E-state index is 0.472. The van der Waals surface area contributed by atoms with Gasteiger partial charge in [-0.25, -0.2) is 14.8 Å². The van der Waals surface area contributed by atoms with Gasteiger partial charge in [0.25, 0.3) is 0 Å². The summed E-state index contributed by atoms with van der Waals surface area (Å²) in [6, 6.07) is 16.2. The van der Waals surface area contributed by atoms with Crippen LogP contribution in [-0.2, 0) is 4.79 Å². The first-order valence-corrected chi connectivity index (χ1v) is 9.18. The van der Waals surface area contributed by atoms with Gasteiger partial charge in [-0.05, 0) is 58.3 Å². The summed E-state index contributed by atoms with van der Waals surface area (Å²) in [6.45, 7) is 0.649. The molecule has 2 aromatic carbocycles. The molecular formula is C19H16IN3O2. The van der Waals surface area contributed by atoms with Crippen LogP contribution in [0.3, 0.4) is 0 Å². The standard InChI is InChI=1S/C19H16IN3O2/c20-19(17(24)25)9-3-11-23(19)18-21-10-8-16(22-18)15-7-6-13-4-1-2-5-14(13)12-15/h1-2,4-8,10,12H,3,9,11H2,(H,24,25). The number of hydrogen-bond acceptors (Lipinski definition) is 4. The average molecular weight is 445 g/mol. The molecule has 0 aliphatic carbocycles. The Hall–Kier alpha value is -2.22. The fourth-order valence-corrected chi connectivity index (χ4v) is 4.09. The van der Waals surface area contributed by atoms with Gasteiger partial charge in [-0.3, -0.25) is 0 Å². The second kappa shape index (κ2) is 6.25. The molecule has 4 rings (SSSR count). The van der Waals surface area contributed by atoms with Crippen LogP contribution >= 0.6 is 22.6 Å². The number of halogens is 1. The molecule has 1 aliphatic heterocycles. The molecule has 2 heterocycles. The van der Waals surface area contributed by atoms with E-state index in [9.17, 15) is 9.90 Å². The third-order valence-corrected chi connectivity index (χ3v) is 6.16. The first kappa shape index (κ1) is 16.3. The van der Waals surface area contributed by atoms with Crippen LogP contribution in [-0.4, -0.2) is 31.1 Å². The maximum atomic E-state index is 11.7. The molecular weight excluding hydrogens is 429 g/mol. The van der Waals surface area contributed by atoms with Crippen molar-refractivity contribution in [3.8, 4) is 11.3 Å². The number of fused-ring (bicyclic) bond motifs is 1. The van der Waals surface area contributed by atoms with E-state index in [0.29, 0.717) is 18.9 Å². The third kappa shape index (κ3) is 2.84. The molecule has 1 aliphatic rings. The Morgan fingerprint density at radius 2 is 1.96 bits per heavy atom. The summed E-state index contributed by atoms with van der Waals surface area (Å²) in [5.74, 6) is -0.370. The number of nitrogens with zero attached hydrogens (tertiary/aromatic N) is 3. The van der Waals surface area contributed by atoms with E-state index in [-0.39, 0.29) is 0 Å². The lowest BCUT2D eigenvalue weighted by Crippen LogP contribution is -2.46. The van der Waals surface area contributed by atoms with E-state index in [0.717, 1.165) is 23.1 Å². The smallest absolute Gasteiger partial charge is 0.340 e. The van der Waals surface area contributed by atoms with Crippen LogP contribution in [0.4, 0.5) is 5.95 Å². The summed E-state index contributed by atoms with van der Waals surface area (Å²) in [5, 5.41) is 11.9. The zero-order valence-corrected chi connectivity index (χ0v) is 15.6. The Morgan fingerprint density at radius 1 is 1.16 bits per heavy atom. The second-order valence-corrected chi connectivity index (χ2v) is 7.91. The lowest BCUT2D eigenvalue weighted by molar-refractivity contribution is -0.138. The van der Waals surface area contributed by atoms with Crippen LogP contribution in [0.2, 0.25) is 0 Å². The van der Waals surface area contributed by atoms with Crippen molar-refractivity contribution in [2.45, 2.75) is 16.4 Å². The molecule has 0 bridgehead atoms. The molecule has 1 N–H and O–H groups in total. The van der Waals surface area contributed by atoms with Crippen LogP contribution in [0.1, 0.15) is 12.8 Å². The number of aromatic nitrogens is 2. The number of aliphatic carboxylic acids is 1. The maximum Gasteiger partial charge on any atom is 0.340 e. The van der Waals surface area contributed by atoms with Crippen molar-refractivity contribution < 1.29 is 9.90 Å². The predicted octanol–water partition coefficient (Wildman–Crippen LogP) is 4.11. The number of carbonyl (C=O) groups is 1. The summed E-state index contributed by atoms with van der Waals surface area (Å²) in [4.78, 5) is 22.5. The van der Waals surface area contributed by atoms with Crippen molar-refractivity contribution in [2.75, 3.05) is 11.4 Å². The van der Waals surface area contributed by atoms with Crippen LogP contribution in [0.15, 0.2) is 54.7 Å². The molecule has 0 radical (unpaired) electrons. The summed E-state index contributed by atoms with van der Waals surface area (Å²) < 4.78 is -0.972. The Morgan fingerprint density at radius 3 is 2.76 bits per heavy atom. The van der Waals surface area contributed by atoms with Gasteiger partial charge in [0.2, 0.25) is 5.95 Å². The van der Waals surface area contributed by atoms with E-state index in [2.05, 4.69) is 34.2 Å². The number of anilines is 1. The lowest BCUT2D eigenvalue weighted by Gasteiger charge is -2.29. The third-order valence-electron chi connectivity index (χ3n) is 4.57. The number of carboxylic acids is 1. The van der Waals surface area contributed by atoms with Gasteiger partial charge in [0.1, 0.15) is 0 Å². The Labute approximate surface area is 158 Å². The van der Waals surface area contributed by atoms with E-state index in [1.54, 1.807) is 11.1 Å². The predicted molar refractivity (Wildman–Crippen MR) is 106 cm³/mol. The summed E-state index contributed by atoms with van der Waals surface area (Å²) in [5.41, 5.74) is 1.79. The fourth-order valence-electron chi connectivity index (χ4n) is 3.25. The van der Waals surface area contributed by atoms with E-state index < -0.39 is 9.51 Å². The molecule has 1 atom stereocenters. The van der Waals surface area contributed by atoms with Crippen LogP contribution in [0, 0.1) is 0 Å². The molecule has 0 amide bonds. The molecule has 5 nitrogen and oxygen atoms in total. The van der Waals surface area contributed by atoms with Gasteiger partial charge in [0.05, 0.1) is 5.69 Å². The number of alkyl halides is 1. The van der Waals surface area contributed by atoms with Gasteiger partial charge >= 0.3 is 5.97 Å². The number of benzene rings is 2. The molecule has 1 aromatic heterocycles. The normalized spacial score (nSPS) is 20.1. The Kier molecular flexibility index (Phi) is 4.07. The number of hydrogen-bond donors (Lipinski definition) is 1. The molecule has 1 fully saturated rings. The fraction of sp³-hybridized carbons (Fsp3) is 0.211.